The molecule has 0 bridgehead atoms. The molecule has 1 saturated heterocycles. The van der Waals surface area contributed by atoms with E-state index in [2.05, 4.69) is 10.3 Å². The summed E-state index contributed by atoms with van der Waals surface area (Å²) in [6, 6.07) is 7.46. The predicted octanol–water partition coefficient (Wildman–Crippen LogP) is 0.607. The highest BCUT2D eigenvalue weighted by atomic mass is 16.2. The Bertz CT molecular complexity index is 740. The second-order valence-corrected chi connectivity index (χ2v) is 5.65. The highest BCUT2D eigenvalue weighted by molar-refractivity contribution is 5.77. The lowest BCUT2D eigenvalue weighted by atomic mass is 10.2. The molecule has 2 aromatic rings. The fraction of sp³-hybridized carbons (Fsp3) is 0.438. The first kappa shape index (κ1) is 14.7. The monoisotopic (exact) mass is 300 g/mol. The molecule has 1 aromatic heterocycles. The molecule has 1 aliphatic heterocycles. The number of aromatic nitrogens is 2. The van der Waals surface area contributed by atoms with Gasteiger partial charge in [-0.15, -0.1) is 0 Å². The molecule has 6 nitrogen and oxygen atoms in total. The van der Waals surface area contributed by atoms with Gasteiger partial charge in [-0.3, -0.25) is 14.2 Å². The summed E-state index contributed by atoms with van der Waals surface area (Å²) in [5.41, 5.74) is 0.595. The molecule has 3 rings (SSSR count). The van der Waals surface area contributed by atoms with Crippen molar-refractivity contribution >= 4 is 16.8 Å². The van der Waals surface area contributed by atoms with Gasteiger partial charge in [0.25, 0.3) is 5.56 Å². The molecule has 1 aliphatic rings. The number of fused-ring (bicyclic) bond motifs is 1. The van der Waals surface area contributed by atoms with E-state index in [1.165, 1.54) is 10.9 Å². The molecule has 1 amide bonds. The van der Waals surface area contributed by atoms with Gasteiger partial charge in [0.05, 0.1) is 17.2 Å². The third kappa shape index (κ3) is 2.87. The first-order valence-corrected chi connectivity index (χ1v) is 7.61. The molecule has 1 aromatic carbocycles. The van der Waals surface area contributed by atoms with Crippen molar-refractivity contribution in [3.63, 3.8) is 0 Å². The number of aryl methyl sites for hydroxylation is 1. The van der Waals surface area contributed by atoms with Crippen LogP contribution in [0.15, 0.2) is 35.4 Å². The molecular formula is C16H20N4O2. The molecule has 1 atom stereocenters. The molecule has 116 valence electrons. The Morgan fingerprint density at radius 3 is 3.05 bits per heavy atom. The van der Waals surface area contributed by atoms with E-state index in [9.17, 15) is 9.59 Å². The van der Waals surface area contributed by atoms with Crippen molar-refractivity contribution in [3.05, 3.63) is 40.9 Å². The first-order chi connectivity index (χ1) is 10.7. The van der Waals surface area contributed by atoms with Crippen molar-refractivity contribution in [2.24, 2.45) is 0 Å². The summed E-state index contributed by atoms with van der Waals surface area (Å²) >= 11 is 0. The van der Waals surface area contributed by atoms with Crippen molar-refractivity contribution in [2.45, 2.75) is 25.9 Å². The molecule has 0 saturated carbocycles. The van der Waals surface area contributed by atoms with Crippen molar-refractivity contribution in [2.75, 3.05) is 19.6 Å². The lowest BCUT2D eigenvalue weighted by molar-refractivity contribution is -0.134. The fourth-order valence-corrected chi connectivity index (χ4v) is 2.84. The molecule has 1 fully saturated rings. The predicted molar refractivity (Wildman–Crippen MR) is 84.7 cm³/mol. The van der Waals surface area contributed by atoms with E-state index in [1.807, 2.05) is 30.0 Å². The highest BCUT2D eigenvalue weighted by Gasteiger charge is 2.22. The molecular weight excluding hydrogens is 280 g/mol. The summed E-state index contributed by atoms with van der Waals surface area (Å²) < 4.78 is 1.52. The molecule has 2 heterocycles. The zero-order chi connectivity index (χ0) is 15.5. The van der Waals surface area contributed by atoms with E-state index in [4.69, 9.17) is 0 Å². The average molecular weight is 300 g/mol. The van der Waals surface area contributed by atoms with Crippen LogP contribution in [-0.4, -0.2) is 46.0 Å². The molecule has 22 heavy (non-hydrogen) atoms. The Hall–Kier alpha value is -2.21. The van der Waals surface area contributed by atoms with Gasteiger partial charge in [-0.2, -0.15) is 0 Å². The Labute approximate surface area is 128 Å². The molecule has 6 heteroatoms. The van der Waals surface area contributed by atoms with Crippen LogP contribution in [-0.2, 0) is 11.3 Å². The summed E-state index contributed by atoms with van der Waals surface area (Å²) in [6.07, 6.45) is 1.85. The van der Waals surface area contributed by atoms with Crippen LogP contribution in [0, 0.1) is 0 Å². The Kier molecular flexibility index (Phi) is 4.20. The zero-order valence-corrected chi connectivity index (χ0v) is 12.7. The molecule has 0 radical (unpaired) electrons. The molecule has 0 unspecified atom stereocenters. The molecule has 0 spiro atoms. The van der Waals surface area contributed by atoms with Crippen LogP contribution in [0.3, 0.4) is 0 Å². The van der Waals surface area contributed by atoms with Crippen LogP contribution in [0.2, 0.25) is 0 Å². The van der Waals surface area contributed by atoms with Crippen LogP contribution < -0.4 is 10.9 Å². The summed E-state index contributed by atoms with van der Waals surface area (Å²) in [6.45, 7) is 4.78. The highest BCUT2D eigenvalue weighted by Crippen LogP contribution is 2.07. The number of carbonyl (C=O) groups excluding carboxylic acids is 1. The smallest absolute Gasteiger partial charge is 0.261 e. The molecule has 0 aliphatic carbocycles. The summed E-state index contributed by atoms with van der Waals surface area (Å²) in [5.74, 6) is 0.0917. The second kappa shape index (κ2) is 6.27. The third-order valence-corrected chi connectivity index (χ3v) is 4.12. The Morgan fingerprint density at radius 1 is 1.41 bits per heavy atom. The van der Waals surface area contributed by atoms with Gasteiger partial charge in [0, 0.05) is 38.6 Å². The minimum Gasteiger partial charge on any atom is -0.337 e. The topological polar surface area (TPSA) is 67.2 Å². The van der Waals surface area contributed by atoms with Gasteiger partial charge in [-0.25, -0.2) is 4.98 Å². The van der Waals surface area contributed by atoms with E-state index >= 15 is 0 Å². The van der Waals surface area contributed by atoms with E-state index in [-0.39, 0.29) is 17.5 Å². The number of amides is 1. The standard InChI is InChI=1S/C16H20N4O2/c1-12-10-17-7-9-20(12)15(21)6-8-19-11-18-14-5-3-2-4-13(14)16(19)22/h2-5,11-12,17H,6-10H2,1H3/t12-/m1/s1. The van der Waals surface area contributed by atoms with Gasteiger partial charge < -0.3 is 10.2 Å². The number of hydrogen-bond donors (Lipinski definition) is 1. The quantitative estimate of drug-likeness (QED) is 0.902. The number of benzene rings is 1. The largest absolute Gasteiger partial charge is 0.337 e. The van der Waals surface area contributed by atoms with Crippen LogP contribution in [0.25, 0.3) is 10.9 Å². The lowest BCUT2D eigenvalue weighted by Crippen LogP contribution is -2.52. The summed E-state index contributed by atoms with van der Waals surface area (Å²) in [7, 11) is 0. The van der Waals surface area contributed by atoms with E-state index < -0.39 is 0 Å². The maximum absolute atomic E-state index is 12.4. The van der Waals surface area contributed by atoms with Gasteiger partial charge in [0.2, 0.25) is 5.91 Å². The number of hydrogen-bond acceptors (Lipinski definition) is 4. The van der Waals surface area contributed by atoms with Gasteiger partial charge >= 0.3 is 0 Å². The van der Waals surface area contributed by atoms with Crippen LogP contribution in [0.5, 0.6) is 0 Å². The minimum atomic E-state index is -0.0910. The number of piperazine rings is 1. The van der Waals surface area contributed by atoms with E-state index in [0.29, 0.717) is 23.9 Å². The maximum atomic E-state index is 12.4. The van der Waals surface area contributed by atoms with Gasteiger partial charge in [0.1, 0.15) is 0 Å². The number of rotatable bonds is 3. The number of nitrogens with zero attached hydrogens (tertiary/aromatic N) is 3. The number of carbonyl (C=O) groups is 1. The second-order valence-electron chi connectivity index (χ2n) is 5.65. The van der Waals surface area contributed by atoms with Crippen molar-refractivity contribution < 1.29 is 4.79 Å². The van der Waals surface area contributed by atoms with Gasteiger partial charge in [-0.1, -0.05) is 12.1 Å². The Balaban J connectivity index is 1.72. The average Bonchev–Trinajstić information content (AvgIpc) is 2.55. The van der Waals surface area contributed by atoms with Crippen LogP contribution in [0.4, 0.5) is 0 Å². The fourth-order valence-electron chi connectivity index (χ4n) is 2.84. The number of nitrogens with one attached hydrogen (secondary N) is 1. The van der Waals surface area contributed by atoms with Gasteiger partial charge in [0.15, 0.2) is 0 Å². The normalized spacial score (nSPS) is 18.6. The lowest BCUT2D eigenvalue weighted by Gasteiger charge is -2.34. The first-order valence-electron chi connectivity index (χ1n) is 7.61. The van der Waals surface area contributed by atoms with Crippen molar-refractivity contribution in [1.29, 1.82) is 0 Å². The van der Waals surface area contributed by atoms with E-state index in [1.54, 1.807) is 6.07 Å². The van der Waals surface area contributed by atoms with Crippen LogP contribution >= 0.6 is 0 Å². The number of para-hydroxylation sites is 1. The van der Waals surface area contributed by atoms with Crippen LogP contribution in [0.1, 0.15) is 13.3 Å². The maximum Gasteiger partial charge on any atom is 0.261 e. The van der Waals surface area contributed by atoms with Crippen molar-refractivity contribution in [1.82, 2.24) is 19.8 Å². The SMILES string of the molecule is C[C@@H]1CNCCN1C(=O)CCn1cnc2ccccc2c1=O. The summed E-state index contributed by atoms with van der Waals surface area (Å²) in [4.78, 5) is 30.8. The third-order valence-electron chi connectivity index (χ3n) is 4.12. The molecule has 1 N–H and O–H groups in total. The van der Waals surface area contributed by atoms with Gasteiger partial charge in [-0.05, 0) is 19.1 Å². The van der Waals surface area contributed by atoms with Crippen molar-refractivity contribution in [3.8, 4) is 0 Å². The summed E-state index contributed by atoms with van der Waals surface area (Å²) in [5, 5.41) is 3.85. The minimum absolute atomic E-state index is 0.0910. The zero-order valence-electron chi connectivity index (χ0n) is 12.7. The Morgan fingerprint density at radius 2 is 2.23 bits per heavy atom. The van der Waals surface area contributed by atoms with E-state index in [0.717, 1.165) is 19.6 Å².